The fourth-order valence-corrected chi connectivity index (χ4v) is 6.78. The van der Waals surface area contributed by atoms with E-state index in [1.54, 1.807) is 11.6 Å². The molecule has 8 heteroatoms. The van der Waals surface area contributed by atoms with Gasteiger partial charge in [-0.15, -0.1) is 11.3 Å². The van der Waals surface area contributed by atoms with Crippen molar-refractivity contribution in [3.05, 3.63) is 33.7 Å². The highest BCUT2D eigenvalue weighted by Gasteiger charge is 2.54. The molecule has 0 aromatic carbocycles. The Bertz CT molecular complexity index is 975. The van der Waals surface area contributed by atoms with Crippen molar-refractivity contribution in [2.45, 2.75) is 51.6 Å². The Morgan fingerprint density at radius 2 is 1.90 bits per heavy atom. The van der Waals surface area contributed by atoms with Crippen LogP contribution in [-0.4, -0.2) is 27.8 Å². The molecule has 4 bridgehead atoms. The summed E-state index contributed by atoms with van der Waals surface area (Å²) in [6, 6.07) is 1.38. The second kappa shape index (κ2) is 7.23. The quantitative estimate of drug-likeness (QED) is 0.733. The molecule has 4 aliphatic carbocycles. The van der Waals surface area contributed by atoms with Crippen molar-refractivity contribution in [2.24, 2.45) is 23.2 Å². The van der Waals surface area contributed by atoms with Crippen LogP contribution in [0.4, 0.5) is 0 Å². The summed E-state index contributed by atoms with van der Waals surface area (Å²) in [6.45, 7) is 0.255. The van der Waals surface area contributed by atoms with E-state index in [1.165, 1.54) is 41.1 Å². The van der Waals surface area contributed by atoms with Crippen LogP contribution in [0, 0.1) is 23.2 Å². The van der Waals surface area contributed by atoms with Crippen LogP contribution in [0.5, 0.6) is 0 Å². The third-order valence-electron chi connectivity index (χ3n) is 6.87. The molecule has 0 unspecified atom stereocenters. The van der Waals surface area contributed by atoms with Crippen LogP contribution in [0.15, 0.2) is 22.4 Å². The summed E-state index contributed by atoms with van der Waals surface area (Å²) in [5, 5.41) is 4.78. The molecule has 1 amide bonds. The van der Waals surface area contributed by atoms with Gasteiger partial charge in [-0.25, -0.2) is 4.98 Å². The van der Waals surface area contributed by atoms with Crippen LogP contribution in [0.1, 0.15) is 50.6 Å². The molecule has 0 radical (unpaired) electrons. The highest BCUT2D eigenvalue weighted by molar-refractivity contribution is 7.15. The predicted octanol–water partition coefficient (Wildman–Crippen LogP) is 2.52. The standard InChI is InChI=1S/C21H25N3O4S/c25-17-8-16(23-20-24(17)3-4-29-20)12-28-18(26)1-2-22-19(27)21-9-13-5-14(10-21)7-15(6-13)11-21/h3-4,8,13-15H,1-2,5-7,9-12H2,(H,22,27). The average molecular weight is 416 g/mol. The topological polar surface area (TPSA) is 89.8 Å². The highest BCUT2D eigenvalue weighted by atomic mass is 32.1. The van der Waals surface area contributed by atoms with Gasteiger partial charge in [-0.3, -0.25) is 18.8 Å². The van der Waals surface area contributed by atoms with Crippen molar-refractivity contribution >= 4 is 28.2 Å². The Kier molecular flexibility index (Phi) is 4.69. The largest absolute Gasteiger partial charge is 0.459 e. The van der Waals surface area contributed by atoms with Gasteiger partial charge in [0.25, 0.3) is 5.56 Å². The first-order valence-corrected chi connectivity index (χ1v) is 11.3. The van der Waals surface area contributed by atoms with Gasteiger partial charge in [0.15, 0.2) is 4.96 Å². The lowest BCUT2D eigenvalue weighted by Gasteiger charge is -2.55. The van der Waals surface area contributed by atoms with Crippen molar-refractivity contribution in [2.75, 3.05) is 6.54 Å². The Hall–Kier alpha value is -2.22. The number of thiazole rings is 1. The summed E-state index contributed by atoms with van der Waals surface area (Å²) in [7, 11) is 0. The molecule has 2 heterocycles. The maximum absolute atomic E-state index is 12.9. The smallest absolute Gasteiger partial charge is 0.307 e. The molecule has 4 aliphatic rings. The lowest BCUT2D eigenvalue weighted by atomic mass is 9.49. The van der Waals surface area contributed by atoms with E-state index in [1.807, 2.05) is 0 Å². The normalized spacial score (nSPS) is 29.9. The number of aromatic nitrogens is 2. The maximum Gasteiger partial charge on any atom is 0.307 e. The monoisotopic (exact) mass is 415 g/mol. The third-order valence-corrected chi connectivity index (χ3v) is 7.63. The minimum absolute atomic E-state index is 0.0363. The lowest BCUT2D eigenvalue weighted by Crippen LogP contribution is -2.53. The fourth-order valence-electron chi connectivity index (χ4n) is 6.04. The minimum atomic E-state index is -0.399. The fraction of sp³-hybridized carbons (Fsp3) is 0.619. The summed E-state index contributed by atoms with van der Waals surface area (Å²) in [6.07, 6.45) is 8.73. The van der Waals surface area contributed by atoms with E-state index in [2.05, 4.69) is 10.3 Å². The molecule has 0 aliphatic heterocycles. The van der Waals surface area contributed by atoms with Crippen LogP contribution in [0.3, 0.4) is 0 Å². The van der Waals surface area contributed by atoms with Crippen LogP contribution in [-0.2, 0) is 20.9 Å². The summed E-state index contributed by atoms with van der Waals surface area (Å²) in [5.41, 5.74) is 0.0505. The van der Waals surface area contributed by atoms with Gasteiger partial charge in [-0.05, 0) is 56.3 Å². The van der Waals surface area contributed by atoms with Gasteiger partial charge in [0.2, 0.25) is 5.91 Å². The van der Waals surface area contributed by atoms with E-state index >= 15 is 0 Å². The number of fused-ring (bicyclic) bond motifs is 1. The number of carbonyl (C=O) groups excluding carboxylic acids is 2. The molecule has 4 saturated carbocycles. The van der Waals surface area contributed by atoms with E-state index < -0.39 is 5.97 Å². The molecular formula is C21H25N3O4S. The molecule has 6 rings (SSSR count). The maximum atomic E-state index is 12.9. The predicted molar refractivity (Wildman–Crippen MR) is 107 cm³/mol. The molecule has 1 N–H and O–H groups in total. The Balaban J connectivity index is 1.11. The zero-order chi connectivity index (χ0) is 20.0. The number of esters is 1. The van der Waals surface area contributed by atoms with Gasteiger partial charge in [-0.1, -0.05) is 0 Å². The molecular weight excluding hydrogens is 390 g/mol. The first-order chi connectivity index (χ1) is 14.0. The van der Waals surface area contributed by atoms with E-state index in [0.29, 0.717) is 35.0 Å². The molecule has 2 aromatic heterocycles. The van der Waals surface area contributed by atoms with Gasteiger partial charge in [-0.2, -0.15) is 0 Å². The van der Waals surface area contributed by atoms with E-state index in [-0.39, 0.29) is 29.9 Å². The van der Waals surface area contributed by atoms with Gasteiger partial charge in [0.1, 0.15) is 6.61 Å². The first-order valence-electron chi connectivity index (χ1n) is 10.4. The van der Waals surface area contributed by atoms with Crippen molar-refractivity contribution in [1.82, 2.24) is 14.7 Å². The van der Waals surface area contributed by atoms with Crippen molar-refractivity contribution < 1.29 is 14.3 Å². The summed E-state index contributed by atoms with van der Waals surface area (Å²) < 4.78 is 6.70. The van der Waals surface area contributed by atoms with E-state index in [0.717, 1.165) is 19.3 Å². The summed E-state index contributed by atoms with van der Waals surface area (Å²) >= 11 is 1.35. The van der Waals surface area contributed by atoms with Gasteiger partial charge < -0.3 is 10.1 Å². The van der Waals surface area contributed by atoms with Gasteiger partial charge in [0.05, 0.1) is 12.1 Å². The number of hydrogen-bond acceptors (Lipinski definition) is 6. The van der Waals surface area contributed by atoms with Crippen molar-refractivity contribution in [1.29, 1.82) is 0 Å². The second-order valence-corrected chi connectivity index (χ2v) is 9.88. The van der Waals surface area contributed by atoms with Gasteiger partial charge in [0, 0.05) is 29.6 Å². The summed E-state index contributed by atoms with van der Waals surface area (Å²) in [4.78, 5) is 41.8. The number of carbonyl (C=O) groups is 2. The van der Waals surface area contributed by atoms with E-state index in [4.69, 9.17) is 4.74 Å². The zero-order valence-corrected chi connectivity index (χ0v) is 17.1. The molecule has 154 valence electrons. The number of amides is 1. The Labute approximate surface area is 172 Å². The molecule has 0 atom stereocenters. The first kappa shape index (κ1) is 18.8. The van der Waals surface area contributed by atoms with Gasteiger partial charge >= 0.3 is 5.97 Å². The minimum Gasteiger partial charge on any atom is -0.459 e. The second-order valence-electron chi connectivity index (χ2n) is 9.01. The van der Waals surface area contributed by atoms with Crippen molar-refractivity contribution in [3.8, 4) is 0 Å². The van der Waals surface area contributed by atoms with Crippen LogP contribution < -0.4 is 10.9 Å². The average Bonchev–Trinajstić information content (AvgIpc) is 3.14. The molecule has 7 nitrogen and oxygen atoms in total. The SMILES string of the molecule is O=C(CCNC(=O)C12CC3CC(CC(C3)C1)C2)OCc1cc(=O)n2ccsc2n1. The summed E-state index contributed by atoms with van der Waals surface area (Å²) in [5.74, 6) is 1.88. The van der Waals surface area contributed by atoms with Crippen molar-refractivity contribution in [3.63, 3.8) is 0 Å². The molecule has 29 heavy (non-hydrogen) atoms. The number of hydrogen-bond donors (Lipinski definition) is 1. The third kappa shape index (κ3) is 3.58. The Morgan fingerprint density at radius 1 is 1.21 bits per heavy atom. The van der Waals surface area contributed by atoms with Crippen LogP contribution in [0.2, 0.25) is 0 Å². The molecule has 4 fully saturated rings. The zero-order valence-electron chi connectivity index (χ0n) is 16.3. The number of ether oxygens (including phenoxy) is 1. The lowest BCUT2D eigenvalue weighted by molar-refractivity contribution is -0.147. The Morgan fingerprint density at radius 3 is 2.59 bits per heavy atom. The number of nitrogens with one attached hydrogen (secondary N) is 1. The number of rotatable bonds is 6. The molecule has 0 saturated heterocycles. The molecule has 2 aromatic rings. The highest BCUT2D eigenvalue weighted by Crippen LogP contribution is 2.60. The number of nitrogens with zero attached hydrogens (tertiary/aromatic N) is 2. The molecule has 0 spiro atoms. The van der Waals surface area contributed by atoms with E-state index in [9.17, 15) is 14.4 Å². The van der Waals surface area contributed by atoms with Crippen LogP contribution in [0.25, 0.3) is 4.96 Å². The van der Waals surface area contributed by atoms with Crippen LogP contribution >= 0.6 is 11.3 Å².